The van der Waals surface area contributed by atoms with Crippen molar-refractivity contribution in [2.24, 2.45) is 0 Å². The Morgan fingerprint density at radius 1 is 0.356 bits per heavy atom. The monoisotopic (exact) mass is 670 g/mol. The van der Waals surface area contributed by atoms with Crippen molar-refractivity contribution in [2.75, 3.05) is 12.3 Å². The van der Waals surface area contributed by atoms with Crippen molar-refractivity contribution >= 4 is 15.8 Å². The molecule has 0 aliphatic carbocycles. The Morgan fingerprint density at radius 3 is 0.689 bits per heavy atom. The number of hydrogen-bond acceptors (Lipinski definition) is 0. The topological polar surface area (TPSA) is 0 Å². The molecule has 4 aromatic carbocycles. The summed E-state index contributed by atoms with van der Waals surface area (Å²) in [5.74, 6) is 12.4. The van der Waals surface area contributed by atoms with Gasteiger partial charge in [-0.05, 0) is 83.5 Å². The Kier molecular flexibility index (Phi) is 21.3. The van der Waals surface area contributed by atoms with E-state index in [2.05, 4.69) is 79.1 Å². The Labute approximate surface area is 289 Å². The SMILES string of the molecule is C(#Cc1ccccc1)c1ccccc1.C(#Cc1ccccc1)c1ccccc1.CC(C)P(CCP(C(C)C)C(C)C)C(C)C.[Cr]. The zero-order valence-electron chi connectivity index (χ0n) is 28.6. The number of rotatable bonds is 7. The molecule has 236 valence electrons. The predicted octanol–water partition coefficient (Wildman–Crippen LogP) is 11.8. The molecular formula is C42H52CrP2. The van der Waals surface area contributed by atoms with E-state index in [-0.39, 0.29) is 33.2 Å². The van der Waals surface area contributed by atoms with Gasteiger partial charge >= 0.3 is 0 Å². The maximum atomic E-state index is 3.11. The van der Waals surface area contributed by atoms with Crippen LogP contribution in [0, 0.1) is 23.7 Å². The summed E-state index contributed by atoms with van der Waals surface area (Å²) >= 11 is 0. The van der Waals surface area contributed by atoms with Gasteiger partial charge in [0.1, 0.15) is 0 Å². The molecule has 0 spiro atoms. The van der Waals surface area contributed by atoms with E-state index in [4.69, 9.17) is 0 Å². The molecule has 4 rings (SSSR count). The van der Waals surface area contributed by atoms with Crippen LogP contribution in [0.15, 0.2) is 121 Å². The third-order valence-corrected chi connectivity index (χ3v) is 14.2. The fourth-order valence-corrected chi connectivity index (χ4v) is 11.1. The van der Waals surface area contributed by atoms with E-state index < -0.39 is 0 Å². The quantitative estimate of drug-likeness (QED) is 0.136. The van der Waals surface area contributed by atoms with E-state index in [9.17, 15) is 0 Å². The number of hydrogen-bond donors (Lipinski definition) is 0. The fraction of sp³-hybridized carbons (Fsp3) is 0.333. The smallest absolute Gasteiger partial charge is 0.0249 e. The molecule has 0 amide bonds. The fourth-order valence-electron chi connectivity index (χ4n) is 4.83. The minimum atomic E-state index is 0. The van der Waals surface area contributed by atoms with Gasteiger partial charge < -0.3 is 0 Å². The van der Waals surface area contributed by atoms with E-state index >= 15 is 0 Å². The molecule has 0 bridgehead atoms. The van der Waals surface area contributed by atoms with Crippen LogP contribution in [0.1, 0.15) is 77.6 Å². The summed E-state index contributed by atoms with van der Waals surface area (Å²) in [4.78, 5) is 0. The Hall–Kier alpha value is -2.61. The predicted molar refractivity (Wildman–Crippen MR) is 202 cm³/mol. The molecule has 0 heterocycles. The van der Waals surface area contributed by atoms with E-state index in [1.54, 1.807) is 0 Å². The van der Waals surface area contributed by atoms with Crippen molar-refractivity contribution in [1.29, 1.82) is 0 Å². The molecule has 0 aliphatic heterocycles. The van der Waals surface area contributed by atoms with Crippen molar-refractivity contribution in [3.63, 3.8) is 0 Å². The molecule has 3 heteroatoms. The van der Waals surface area contributed by atoms with Crippen LogP contribution in [-0.2, 0) is 17.4 Å². The molecule has 0 nitrogen and oxygen atoms in total. The zero-order chi connectivity index (χ0) is 32.2. The minimum Gasteiger partial charge on any atom is -0.101 e. The summed E-state index contributed by atoms with van der Waals surface area (Å²) in [6, 6.07) is 40.0. The Balaban J connectivity index is 0.000000334. The summed E-state index contributed by atoms with van der Waals surface area (Å²) in [6.45, 7) is 19.3. The molecular weight excluding hydrogens is 618 g/mol. The summed E-state index contributed by atoms with van der Waals surface area (Å²) in [7, 11) is 0.511. The van der Waals surface area contributed by atoms with Crippen LogP contribution in [-0.4, -0.2) is 35.0 Å². The van der Waals surface area contributed by atoms with Crippen molar-refractivity contribution < 1.29 is 17.4 Å². The second-order valence-corrected chi connectivity index (χ2v) is 18.9. The van der Waals surface area contributed by atoms with Crippen molar-refractivity contribution in [1.82, 2.24) is 0 Å². The van der Waals surface area contributed by atoms with Crippen LogP contribution in [0.3, 0.4) is 0 Å². The summed E-state index contributed by atoms with van der Waals surface area (Å²) in [5.41, 5.74) is 7.84. The minimum absolute atomic E-state index is 0. The first-order chi connectivity index (χ1) is 21.2. The molecule has 0 fully saturated rings. The van der Waals surface area contributed by atoms with Gasteiger partial charge in [0.2, 0.25) is 0 Å². The van der Waals surface area contributed by atoms with Gasteiger partial charge in [0, 0.05) is 39.6 Å². The molecule has 45 heavy (non-hydrogen) atoms. The maximum absolute atomic E-state index is 3.11. The van der Waals surface area contributed by atoms with Crippen molar-refractivity contribution in [3.8, 4) is 23.7 Å². The Bertz CT molecular complexity index is 1190. The van der Waals surface area contributed by atoms with Crippen molar-refractivity contribution in [2.45, 2.75) is 78.0 Å². The molecule has 0 aliphatic rings. The third kappa shape index (κ3) is 17.6. The summed E-state index contributed by atoms with van der Waals surface area (Å²) in [5, 5.41) is 0. The molecule has 0 radical (unpaired) electrons. The van der Waals surface area contributed by atoms with E-state index in [1.807, 2.05) is 121 Å². The standard InChI is InChI=1S/C14H32P2.2C14H10.Cr/c1-11(2)15(12(3)4)9-10-16(13(5)6)14(7)8;2*1-3-7-13(8-4-1)11-12-14-9-5-2-6-10-14;/h11-14H,9-10H2,1-8H3;2*1-10H;. The molecule has 0 aromatic heterocycles. The third-order valence-electron chi connectivity index (χ3n) is 7.07. The van der Waals surface area contributed by atoms with Gasteiger partial charge in [-0.1, -0.05) is 152 Å². The van der Waals surface area contributed by atoms with E-state index in [0.29, 0.717) is 0 Å². The van der Waals surface area contributed by atoms with Crippen LogP contribution in [0.2, 0.25) is 0 Å². The van der Waals surface area contributed by atoms with Gasteiger partial charge in [0.15, 0.2) is 0 Å². The molecule has 0 saturated carbocycles. The molecule has 4 aromatic rings. The van der Waals surface area contributed by atoms with Gasteiger partial charge in [0.25, 0.3) is 0 Å². The van der Waals surface area contributed by atoms with Crippen LogP contribution in [0.25, 0.3) is 0 Å². The van der Waals surface area contributed by atoms with Crippen molar-refractivity contribution in [3.05, 3.63) is 144 Å². The second-order valence-electron chi connectivity index (χ2n) is 11.8. The normalized spacial score (nSPS) is 10.2. The zero-order valence-corrected chi connectivity index (χ0v) is 31.6. The number of benzene rings is 4. The largest absolute Gasteiger partial charge is 0.101 e. The first-order valence-corrected chi connectivity index (χ1v) is 19.3. The van der Waals surface area contributed by atoms with Gasteiger partial charge in [0.05, 0.1) is 0 Å². The van der Waals surface area contributed by atoms with Gasteiger partial charge in [-0.15, -0.1) is 15.8 Å². The summed E-state index contributed by atoms with van der Waals surface area (Å²) in [6.07, 6.45) is 3.01. The summed E-state index contributed by atoms with van der Waals surface area (Å²) < 4.78 is 0. The van der Waals surface area contributed by atoms with Crippen LogP contribution in [0.5, 0.6) is 0 Å². The average Bonchev–Trinajstić information content (AvgIpc) is 3.03. The van der Waals surface area contributed by atoms with E-state index in [1.165, 1.54) is 12.3 Å². The molecule has 0 unspecified atom stereocenters. The van der Waals surface area contributed by atoms with E-state index in [0.717, 1.165) is 44.9 Å². The van der Waals surface area contributed by atoms with Crippen LogP contribution < -0.4 is 0 Å². The Morgan fingerprint density at radius 2 is 0.533 bits per heavy atom. The average molecular weight is 671 g/mol. The van der Waals surface area contributed by atoms with Crippen LogP contribution >= 0.6 is 15.8 Å². The molecule has 0 atom stereocenters. The maximum Gasteiger partial charge on any atom is 0.0249 e. The molecule has 0 saturated heterocycles. The van der Waals surface area contributed by atoms with Gasteiger partial charge in [-0.3, -0.25) is 0 Å². The second kappa shape index (κ2) is 23.7. The van der Waals surface area contributed by atoms with Gasteiger partial charge in [-0.25, -0.2) is 0 Å². The first-order valence-electron chi connectivity index (χ1n) is 15.9. The molecule has 0 N–H and O–H groups in total. The van der Waals surface area contributed by atoms with Gasteiger partial charge in [-0.2, -0.15) is 0 Å². The first kappa shape index (κ1) is 40.4. The van der Waals surface area contributed by atoms with Crippen LogP contribution in [0.4, 0.5) is 0 Å².